The Labute approximate surface area is 54.3 Å². The van der Waals surface area contributed by atoms with Gasteiger partial charge in [-0.2, -0.15) is 0 Å². The molecular formula is C4H9Br. The fourth-order valence-electron chi connectivity index (χ4n) is 0. The van der Waals surface area contributed by atoms with E-state index in [0.29, 0.717) is 0 Å². The highest BCUT2D eigenvalue weighted by atomic mass is 79.9. The van der Waals surface area contributed by atoms with Gasteiger partial charge in [0.1, 0.15) is 0 Å². The maximum atomic E-state index is 7.26. The van der Waals surface area contributed by atoms with Crippen molar-refractivity contribution in [2.24, 2.45) is 0 Å². The molecule has 0 saturated heterocycles. The van der Waals surface area contributed by atoms with E-state index >= 15 is 0 Å². The molecule has 0 N–H and O–H groups in total. The fourth-order valence-corrected chi connectivity index (χ4v) is 0. The van der Waals surface area contributed by atoms with Crippen molar-refractivity contribution in [2.75, 3.05) is 0 Å². The zero-order valence-corrected chi connectivity index (χ0v) is 3.96. The van der Waals surface area contributed by atoms with E-state index in [4.69, 9.17) is 12.3 Å². The average Bonchev–Trinajstić information content (AvgIpc) is 1.81. The summed E-state index contributed by atoms with van der Waals surface area (Å²) >= 11 is 2.33. The third-order valence-electron chi connectivity index (χ3n) is 0.110. The Morgan fingerprint density at radius 2 is 3.40 bits per heavy atom. The predicted octanol–water partition coefficient (Wildman–Crippen LogP) is 2.18. The van der Waals surface area contributed by atoms with Crippen molar-refractivity contribution >= 4 is 15.9 Å². The molecule has 1 atom stereocenters. The van der Waals surface area contributed by atoms with Crippen LogP contribution < -0.4 is 0 Å². The molecule has 32 valence electrons. The van der Waals surface area contributed by atoms with Crippen LogP contribution in [0.1, 0.15) is 32.4 Å². The fraction of sp³-hybridized carbons (Fsp3) is 1.00. The SMILES string of the molecule is [2H]C([2H])([2H])C([2H])([2H])C([2H])(Br)C([2H])([2H])[2H]. The lowest BCUT2D eigenvalue weighted by atomic mass is 10.4. The van der Waals surface area contributed by atoms with E-state index in [-0.39, 0.29) is 0 Å². The van der Waals surface area contributed by atoms with Gasteiger partial charge in [0.2, 0.25) is 0 Å². The van der Waals surface area contributed by atoms with Crippen molar-refractivity contribution in [3.05, 3.63) is 0 Å². The van der Waals surface area contributed by atoms with Gasteiger partial charge < -0.3 is 0 Å². The van der Waals surface area contributed by atoms with Crippen LogP contribution in [0.4, 0.5) is 0 Å². The third-order valence-corrected chi connectivity index (χ3v) is 0.308. The first-order valence-electron chi connectivity index (χ1n) is 5.44. The second-order valence-electron chi connectivity index (χ2n) is 0.439. The average molecular weight is 146 g/mol. The number of alkyl halides is 1. The summed E-state index contributed by atoms with van der Waals surface area (Å²) in [6, 6.07) is 0. The topological polar surface area (TPSA) is 0 Å². The molecule has 0 spiro atoms. The van der Waals surface area contributed by atoms with Crippen molar-refractivity contribution < 1.29 is 12.3 Å². The summed E-state index contributed by atoms with van der Waals surface area (Å²) < 4.78 is 62.7. The van der Waals surface area contributed by atoms with E-state index in [1.54, 1.807) is 0 Å². The van der Waals surface area contributed by atoms with E-state index in [1.807, 2.05) is 0 Å². The summed E-state index contributed by atoms with van der Waals surface area (Å²) in [4.78, 5) is -2.85. The lowest BCUT2D eigenvalue weighted by Crippen LogP contribution is -1.80. The number of hydrogen-bond donors (Lipinski definition) is 0. The number of halogens is 1. The molecule has 0 rings (SSSR count). The second-order valence-corrected chi connectivity index (χ2v) is 1.23. The van der Waals surface area contributed by atoms with Gasteiger partial charge in [0.15, 0.2) is 0 Å². The van der Waals surface area contributed by atoms with E-state index in [1.165, 1.54) is 0 Å². The Balaban J connectivity index is 5.30. The highest BCUT2D eigenvalue weighted by molar-refractivity contribution is 9.09. The predicted molar refractivity (Wildman–Crippen MR) is 28.7 cm³/mol. The summed E-state index contributed by atoms with van der Waals surface area (Å²) in [5.74, 6) is 0. The molecule has 1 unspecified atom stereocenters. The molecule has 0 aliphatic heterocycles. The van der Waals surface area contributed by atoms with Gasteiger partial charge in [-0.25, -0.2) is 0 Å². The summed E-state index contributed by atoms with van der Waals surface area (Å²) in [7, 11) is 0. The first kappa shape index (κ1) is 0.605. The first-order chi connectivity index (χ1) is 5.75. The van der Waals surface area contributed by atoms with Crippen LogP contribution in [-0.2, 0) is 0 Å². The number of rotatable bonds is 1. The summed E-state index contributed by atoms with van der Waals surface area (Å²) in [5, 5.41) is 0. The molecule has 0 aliphatic carbocycles. The molecule has 0 radical (unpaired) electrons. The Morgan fingerprint density at radius 3 is 3.60 bits per heavy atom. The molecule has 0 aromatic carbocycles. The molecule has 1 heteroatoms. The third kappa shape index (κ3) is 4.48. The molecule has 0 bridgehead atoms. The van der Waals surface area contributed by atoms with E-state index < -0.39 is 24.9 Å². The second kappa shape index (κ2) is 2.70. The van der Waals surface area contributed by atoms with E-state index in [2.05, 4.69) is 15.9 Å². The maximum absolute atomic E-state index is 7.26. The quantitative estimate of drug-likeness (QED) is 0.497. The van der Waals surface area contributed by atoms with Crippen LogP contribution in [0.15, 0.2) is 0 Å². The molecule has 0 heterocycles. The standard InChI is InChI=1S/C4H9Br/c1-3-4(2)5/h4H,3H2,1-2H3/i1D3,2D3,3D2,4D. The van der Waals surface area contributed by atoms with E-state index in [0.717, 1.165) is 0 Å². The molecule has 0 fully saturated rings. The van der Waals surface area contributed by atoms with Crippen LogP contribution in [0.2, 0.25) is 0 Å². The van der Waals surface area contributed by atoms with Gasteiger partial charge >= 0.3 is 0 Å². The molecule has 0 aromatic heterocycles. The smallest absolute Gasteiger partial charge is 0.0420 e. The van der Waals surface area contributed by atoms with Gasteiger partial charge in [-0.15, -0.1) is 0 Å². The monoisotopic (exact) mass is 145 g/mol. The lowest BCUT2D eigenvalue weighted by Gasteiger charge is -1.88. The Bertz CT molecular complexity index is 186. The minimum atomic E-state index is -3.17. The van der Waals surface area contributed by atoms with Crippen LogP contribution in [-0.4, -0.2) is 4.80 Å². The highest BCUT2D eigenvalue weighted by Gasteiger charge is 1.82. The molecular weight excluding hydrogens is 128 g/mol. The van der Waals surface area contributed by atoms with Crippen LogP contribution >= 0.6 is 15.9 Å². The Morgan fingerprint density at radius 1 is 2.60 bits per heavy atom. The zero-order valence-electron chi connectivity index (χ0n) is 11.4. The van der Waals surface area contributed by atoms with Crippen molar-refractivity contribution in [1.29, 1.82) is 0 Å². The first-order valence-corrected chi connectivity index (χ1v) is 1.73. The summed E-state index contributed by atoms with van der Waals surface area (Å²) in [6.45, 7) is -6.24. The van der Waals surface area contributed by atoms with Crippen LogP contribution in [0.5, 0.6) is 0 Å². The van der Waals surface area contributed by atoms with Crippen LogP contribution in [0, 0.1) is 0 Å². The van der Waals surface area contributed by atoms with Crippen LogP contribution in [0.25, 0.3) is 0 Å². The molecule has 5 heavy (non-hydrogen) atoms. The van der Waals surface area contributed by atoms with Crippen molar-refractivity contribution in [3.63, 3.8) is 0 Å². The Kier molecular flexibility index (Phi) is 0.327. The zero-order chi connectivity index (χ0) is 12.0. The minimum Gasteiger partial charge on any atom is -0.0894 e. The van der Waals surface area contributed by atoms with Crippen LogP contribution in [0.3, 0.4) is 0 Å². The van der Waals surface area contributed by atoms with Crippen molar-refractivity contribution in [3.8, 4) is 0 Å². The summed E-state index contributed by atoms with van der Waals surface area (Å²) in [6.07, 6.45) is -3.16. The normalized spacial score (nSPS) is 55.8. The Hall–Kier alpha value is 0.480. The van der Waals surface area contributed by atoms with Gasteiger partial charge in [0.05, 0.1) is 0 Å². The van der Waals surface area contributed by atoms with Gasteiger partial charge in [0.25, 0.3) is 0 Å². The number of hydrogen-bond acceptors (Lipinski definition) is 0. The molecule has 0 aliphatic rings. The van der Waals surface area contributed by atoms with Gasteiger partial charge in [0, 0.05) is 17.1 Å². The molecule has 0 aromatic rings. The van der Waals surface area contributed by atoms with Crippen molar-refractivity contribution in [1.82, 2.24) is 0 Å². The van der Waals surface area contributed by atoms with Gasteiger partial charge in [-0.05, 0) is 6.37 Å². The lowest BCUT2D eigenvalue weighted by molar-refractivity contribution is 0.922. The largest absolute Gasteiger partial charge is 0.0894 e. The molecule has 0 amide bonds. The van der Waals surface area contributed by atoms with E-state index in [9.17, 15) is 0 Å². The summed E-state index contributed by atoms with van der Waals surface area (Å²) in [5.41, 5.74) is 0. The van der Waals surface area contributed by atoms with Gasteiger partial charge in [-0.3, -0.25) is 0 Å². The molecule has 0 saturated carbocycles. The highest BCUT2D eigenvalue weighted by Crippen LogP contribution is 1.99. The minimum absolute atomic E-state index is 2.33. The molecule has 0 nitrogen and oxygen atoms in total. The maximum Gasteiger partial charge on any atom is 0.0420 e. The van der Waals surface area contributed by atoms with Gasteiger partial charge in [-0.1, -0.05) is 29.6 Å². The van der Waals surface area contributed by atoms with Crippen molar-refractivity contribution in [2.45, 2.75) is 24.9 Å².